The van der Waals surface area contributed by atoms with Gasteiger partial charge in [0.15, 0.2) is 11.6 Å². The highest BCUT2D eigenvalue weighted by molar-refractivity contribution is 6.18. The molecule has 2 heteroatoms. The van der Waals surface area contributed by atoms with Crippen molar-refractivity contribution in [3.63, 3.8) is 0 Å². The first-order valence-corrected chi connectivity index (χ1v) is 3.82. The number of carbonyl (C=O) groups is 2. The average molecular weight is 156 g/mol. The van der Waals surface area contributed by atoms with Gasteiger partial charge in [-0.1, -0.05) is 27.4 Å². The molecule has 0 aromatic rings. The van der Waals surface area contributed by atoms with Gasteiger partial charge in [-0.15, -0.1) is 0 Å². The molecule has 0 heterocycles. The van der Waals surface area contributed by atoms with Crippen LogP contribution in [0.25, 0.3) is 0 Å². The van der Waals surface area contributed by atoms with Crippen LogP contribution < -0.4 is 0 Å². The Labute approximate surface area is 68.3 Å². The summed E-state index contributed by atoms with van der Waals surface area (Å²) < 4.78 is 0. The molecule has 0 aromatic carbocycles. The van der Waals surface area contributed by atoms with Crippen LogP contribution in [0.4, 0.5) is 0 Å². The largest absolute Gasteiger partial charge is 0.294 e. The van der Waals surface area contributed by atoms with E-state index < -0.39 is 0 Å². The molecule has 0 saturated heterocycles. The minimum absolute atomic E-state index is 0.109. The molecule has 2 nitrogen and oxygen atoms in total. The van der Waals surface area contributed by atoms with E-state index >= 15 is 0 Å². The van der Waals surface area contributed by atoms with Crippen molar-refractivity contribution in [2.75, 3.05) is 0 Å². The van der Waals surface area contributed by atoms with E-state index in [1.54, 1.807) is 6.92 Å². The molecule has 0 aromatic heterocycles. The third-order valence-electron chi connectivity index (χ3n) is 1.08. The van der Waals surface area contributed by atoms with Gasteiger partial charge in [0.1, 0.15) is 0 Å². The summed E-state index contributed by atoms with van der Waals surface area (Å²) in [5.41, 5.74) is 0.109. The van der Waals surface area contributed by atoms with Crippen LogP contribution in [-0.4, -0.2) is 11.6 Å². The van der Waals surface area contributed by atoms with Crippen molar-refractivity contribution in [2.24, 2.45) is 0 Å². The molecule has 0 aliphatic rings. The molecule has 0 spiro atoms. The second-order valence-electron chi connectivity index (χ2n) is 1.81. The summed E-state index contributed by atoms with van der Waals surface area (Å²) >= 11 is 0. The Morgan fingerprint density at radius 1 is 1.27 bits per heavy atom. The summed E-state index contributed by atoms with van der Waals surface area (Å²) in [5, 5.41) is 0. The van der Waals surface area contributed by atoms with Crippen LogP contribution in [0.3, 0.4) is 0 Å². The molecule has 0 saturated carbocycles. The number of rotatable bonds is 3. The van der Waals surface area contributed by atoms with Crippen LogP contribution in [0.5, 0.6) is 0 Å². The lowest BCUT2D eigenvalue weighted by molar-refractivity contribution is -0.120. The molecule has 0 atom stereocenters. The molecular weight excluding hydrogens is 140 g/mol. The number of ketones is 2. The topological polar surface area (TPSA) is 34.1 Å². The van der Waals surface area contributed by atoms with E-state index in [-0.39, 0.29) is 17.1 Å². The molecule has 0 radical (unpaired) electrons. The monoisotopic (exact) mass is 156 g/mol. The first-order valence-electron chi connectivity index (χ1n) is 3.82. The predicted octanol–water partition coefficient (Wildman–Crippen LogP) is 2.14. The Balaban J connectivity index is 0. The molecule has 0 aliphatic heterocycles. The van der Waals surface area contributed by atoms with Gasteiger partial charge in [0, 0.05) is 6.42 Å². The summed E-state index contributed by atoms with van der Waals surface area (Å²) in [6, 6.07) is 0. The van der Waals surface area contributed by atoms with Crippen molar-refractivity contribution in [2.45, 2.75) is 34.1 Å². The molecule has 64 valence electrons. The maximum atomic E-state index is 10.6. The number of allylic oxidation sites excluding steroid dienone is 1. The second kappa shape index (κ2) is 7.19. The minimum Gasteiger partial charge on any atom is -0.294 e. The number of carbonyl (C=O) groups excluding carboxylic acids is 2. The number of Topliss-reactive ketones (excluding diaryl/α,β-unsaturated/α-hetero) is 2. The van der Waals surface area contributed by atoms with E-state index in [4.69, 9.17) is 0 Å². The van der Waals surface area contributed by atoms with Gasteiger partial charge in [-0.3, -0.25) is 9.59 Å². The first kappa shape index (κ1) is 12.7. The third kappa shape index (κ3) is 5.52. The Hall–Kier alpha value is -0.920. The molecular formula is C9H16O2. The SMILES string of the molecule is C=C(C(C)=O)C(=O)CC.CC. The van der Waals surface area contributed by atoms with Gasteiger partial charge in [0.2, 0.25) is 0 Å². The zero-order valence-corrected chi connectivity index (χ0v) is 7.73. The first-order chi connectivity index (χ1) is 5.09. The van der Waals surface area contributed by atoms with Gasteiger partial charge < -0.3 is 0 Å². The fourth-order valence-electron chi connectivity index (χ4n) is 0.410. The van der Waals surface area contributed by atoms with Crippen LogP contribution in [0.1, 0.15) is 34.1 Å². The van der Waals surface area contributed by atoms with Crippen LogP contribution in [-0.2, 0) is 9.59 Å². The predicted molar refractivity (Wildman–Crippen MR) is 46.5 cm³/mol. The van der Waals surface area contributed by atoms with Crippen molar-refractivity contribution in [1.82, 2.24) is 0 Å². The highest BCUT2D eigenvalue weighted by atomic mass is 16.1. The molecule has 0 unspecified atom stereocenters. The van der Waals surface area contributed by atoms with Crippen LogP contribution >= 0.6 is 0 Å². The summed E-state index contributed by atoms with van der Waals surface area (Å²) in [4.78, 5) is 21.1. The van der Waals surface area contributed by atoms with Gasteiger partial charge >= 0.3 is 0 Å². The minimum atomic E-state index is -0.234. The molecule has 0 fully saturated rings. The third-order valence-corrected chi connectivity index (χ3v) is 1.08. The Kier molecular flexibility index (Phi) is 8.32. The lowest BCUT2D eigenvalue weighted by Gasteiger charge is -1.93. The average Bonchev–Trinajstić information content (AvgIpc) is 2.05. The highest BCUT2D eigenvalue weighted by Crippen LogP contribution is 1.96. The van der Waals surface area contributed by atoms with E-state index in [1.165, 1.54) is 6.92 Å². The molecule has 0 amide bonds. The van der Waals surface area contributed by atoms with Gasteiger partial charge in [0.25, 0.3) is 0 Å². The fourth-order valence-corrected chi connectivity index (χ4v) is 0.410. The van der Waals surface area contributed by atoms with Crippen LogP contribution in [0.15, 0.2) is 12.2 Å². The van der Waals surface area contributed by atoms with E-state index in [9.17, 15) is 9.59 Å². The molecule has 0 N–H and O–H groups in total. The second-order valence-corrected chi connectivity index (χ2v) is 1.81. The van der Waals surface area contributed by atoms with Crippen molar-refractivity contribution in [1.29, 1.82) is 0 Å². The Bertz CT molecular complexity index is 157. The normalized spacial score (nSPS) is 7.64. The van der Waals surface area contributed by atoms with Crippen molar-refractivity contribution < 1.29 is 9.59 Å². The number of hydrogen-bond donors (Lipinski definition) is 0. The standard InChI is InChI=1S/C7H10O2.C2H6/c1-4-7(9)5(2)6(3)8;1-2/h2,4H2,1,3H3;1-2H3. The molecule has 0 bridgehead atoms. The fraction of sp³-hybridized carbons (Fsp3) is 0.556. The lowest BCUT2D eigenvalue weighted by atomic mass is 10.1. The zero-order valence-electron chi connectivity index (χ0n) is 7.73. The zero-order chi connectivity index (χ0) is 9.44. The Morgan fingerprint density at radius 2 is 1.64 bits per heavy atom. The van der Waals surface area contributed by atoms with Gasteiger partial charge in [-0.05, 0) is 6.92 Å². The maximum absolute atomic E-state index is 10.6. The molecule has 11 heavy (non-hydrogen) atoms. The summed E-state index contributed by atoms with van der Waals surface area (Å²) in [7, 11) is 0. The number of hydrogen-bond acceptors (Lipinski definition) is 2. The highest BCUT2D eigenvalue weighted by Gasteiger charge is 2.07. The van der Waals surface area contributed by atoms with E-state index in [0.29, 0.717) is 6.42 Å². The summed E-state index contributed by atoms with van der Waals surface area (Å²) in [6.07, 6.45) is 0.360. The lowest BCUT2D eigenvalue weighted by Crippen LogP contribution is -2.06. The van der Waals surface area contributed by atoms with Gasteiger partial charge in [0.05, 0.1) is 5.57 Å². The molecule has 0 aliphatic carbocycles. The van der Waals surface area contributed by atoms with Crippen LogP contribution in [0.2, 0.25) is 0 Å². The van der Waals surface area contributed by atoms with Gasteiger partial charge in [-0.25, -0.2) is 0 Å². The van der Waals surface area contributed by atoms with Crippen molar-refractivity contribution in [3.05, 3.63) is 12.2 Å². The van der Waals surface area contributed by atoms with Crippen molar-refractivity contribution >= 4 is 11.6 Å². The van der Waals surface area contributed by atoms with Crippen molar-refractivity contribution in [3.8, 4) is 0 Å². The molecule has 0 rings (SSSR count). The Morgan fingerprint density at radius 3 is 1.73 bits per heavy atom. The smallest absolute Gasteiger partial charge is 0.165 e. The maximum Gasteiger partial charge on any atom is 0.165 e. The van der Waals surface area contributed by atoms with Crippen LogP contribution in [0, 0.1) is 0 Å². The quantitative estimate of drug-likeness (QED) is 0.356. The summed E-state index contributed by atoms with van der Waals surface area (Å²) in [5.74, 6) is -0.399. The van der Waals surface area contributed by atoms with Gasteiger partial charge in [-0.2, -0.15) is 0 Å². The van der Waals surface area contributed by atoms with E-state index in [0.717, 1.165) is 0 Å². The summed E-state index contributed by atoms with van der Waals surface area (Å²) in [6.45, 7) is 10.4. The van der Waals surface area contributed by atoms with E-state index in [2.05, 4.69) is 6.58 Å². The van der Waals surface area contributed by atoms with E-state index in [1.807, 2.05) is 13.8 Å².